The zero-order chi connectivity index (χ0) is 14.2. The van der Waals surface area contributed by atoms with E-state index in [1.807, 2.05) is 0 Å². The third-order valence-corrected chi connectivity index (χ3v) is 4.28. The fraction of sp³-hybridized carbons (Fsp3) is 0.800. The molecule has 2 aliphatic heterocycles. The van der Waals surface area contributed by atoms with E-state index in [2.05, 4.69) is 6.58 Å². The van der Waals surface area contributed by atoms with Crippen molar-refractivity contribution in [2.24, 2.45) is 0 Å². The van der Waals surface area contributed by atoms with Crippen molar-refractivity contribution in [2.75, 3.05) is 13.2 Å². The van der Waals surface area contributed by atoms with Crippen molar-refractivity contribution < 1.29 is 23.7 Å². The van der Waals surface area contributed by atoms with E-state index in [4.69, 9.17) is 18.9 Å². The Kier molecular flexibility index (Phi) is 3.60. The maximum absolute atomic E-state index is 11.6. The molecule has 0 radical (unpaired) electrons. The Bertz CT molecular complexity index is 412. The lowest BCUT2D eigenvalue weighted by Crippen LogP contribution is -2.50. The minimum absolute atomic E-state index is 0.0745. The predicted octanol–water partition coefficient (Wildman–Crippen LogP) is 2.30. The van der Waals surface area contributed by atoms with Crippen molar-refractivity contribution in [2.45, 2.75) is 63.1 Å². The molecule has 20 heavy (non-hydrogen) atoms. The number of carbonyl (C=O) groups is 1. The van der Waals surface area contributed by atoms with Crippen LogP contribution in [0.4, 0.5) is 0 Å². The van der Waals surface area contributed by atoms with Gasteiger partial charge in [-0.3, -0.25) is 0 Å². The van der Waals surface area contributed by atoms with Gasteiger partial charge in [-0.05, 0) is 32.6 Å². The van der Waals surface area contributed by atoms with Crippen LogP contribution in [0.5, 0.6) is 0 Å². The third-order valence-electron chi connectivity index (χ3n) is 4.28. The summed E-state index contributed by atoms with van der Waals surface area (Å²) in [6.45, 7) is 5.90. The first-order valence-corrected chi connectivity index (χ1v) is 7.40. The fourth-order valence-electron chi connectivity index (χ4n) is 3.26. The van der Waals surface area contributed by atoms with E-state index in [9.17, 15) is 4.79 Å². The summed E-state index contributed by atoms with van der Waals surface area (Å²) >= 11 is 0. The summed E-state index contributed by atoms with van der Waals surface area (Å²) in [6.07, 6.45) is 5.67. The van der Waals surface area contributed by atoms with E-state index >= 15 is 0 Å². The van der Waals surface area contributed by atoms with E-state index in [1.165, 1.54) is 0 Å². The zero-order valence-corrected chi connectivity index (χ0v) is 12.0. The van der Waals surface area contributed by atoms with E-state index in [-0.39, 0.29) is 12.7 Å². The van der Waals surface area contributed by atoms with Gasteiger partial charge in [0.1, 0.15) is 12.7 Å². The molecule has 2 atom stereocenters. The third kappa shape index (κ3) is 2.38. The Morgan fingerprint density at radius 3 is 2.80 bits per heavy atom. The van der Waals surface area contributed by atoms with Crippen LogP contribution in [0.1, 0.15) is 45.4 Å². The monoisotopic (exact) mass is 282 g/mol. The molecule has 0 aromatic heterocycles. The second kappa shape index (κ2) is 5.13. The number of ether oxygens (including phenoxy) is 4. The predicted molar refractivity (Wildman–Crippen MR) is 70.8 cm³/mol. The Morgan fingerprint density at radius 2 is 2.10 bits per heavy atom. The average molecular weight is 282 g/mol. The number of hydrogen-bond donors (Lipinski definition) is 0. The molecule has 0 bridgehead atoms. The second-order valence-corrected chi connectivity index (χ2v) is 5.99. The van der Waals surface area contributed by atoms with E-state index in [1.54, 1.807) is 6.92 Å². The van der Waals surface area contributed by atoms with Gasteiger partial charge >= 0.3 is 5.97 Å². The van der Waals surface area contributed by atoms with Gasteiger partial charge in [-0.15, -0.1) is 0 Å². The van der Waals surface area contributed by atoms with Crippen LogP contribution in [-0.4, -0.2) is 36.9 Å². The number of rotatable bonds is 3. The summed E-state index contributed by atoms with van der Waals surface area (Å²) in [5.41, 5.74) is 0.378. The highest BCUT2D eigenvalue weighted by Gasteiger charge is 2.60. The molecule has 2 heterocycles. The SMILES string of the molecule is C=C(C)C(=O)OC[C@@]12OCCCC1OC1(CCCC1)O2. The highest BCUT2D eigenvalue weighted by molar-refractivity contribution is 5.86. The number of hydrogen-bond acceptors (Lipinski definition) is 5. The lowest BCUT2D eigenvalue weighted by molar-refractivity contribution is -0.286. The molecule has 3 aliphatic rings. The molecule has 3 rings (SSSR count). The van der Waals surface area contributed by atoms with Crippen molar-refractivity contribution >= 4 is 5.97 Å². The molecule has 5 nitrogen and oxygen atoms in total. The Hall–Kier alpha value is -0.910. The summed E-state index contributed by atoms with van der Waals surface area (Å²) in [5, 5.41) is 0. The van der Waals surface area contributed by atoms with Gasteiger partial charge in [0.15, 0.2) is 5.79 Å². The maximum atomic E-state index is 11.6. The Morgan fingerprint density at radius 1 is 1.35 bits per heavy atom. The lowest BCUT2D eigenvalue weighted by Gasteiger charge is -2.35. The molecular formula is C15H22O5. The highest BCUT2D eigenvalue weighted by atomic mass is 16.9. The number of fused-ring (bicyclic) bond motifs is 1. The van der Waals surface area contributed by atoms with Crippen LogP contribution in [0.3, 0.4) is 0 Å². The van der Waals surface area contributed by atoms with Gasteiger partial charge in [0.2, 0.25) is 5.79 Å². The molecule has 2 saturated heterocycles. The molecule has 0 aromatic carbocycles. The minimum atomic E-state index is -0.923. The van der Waals surface area contributed by atoms with Gasteiger partial charge in [0.05, 0.1) is 6.61 Å². The normalized spacial score (nSPS) is 35.0. The number of esters is 1. The zero-order valence-electron chi connectivity index (χ0n) is 12.0. The van der Waals surface area contributed by atoms with Crippen LogP contribution in [0.15, 0.2) is 12.2 Å². The van der Waals surface area contributed by atoms with Crippen LogP contribution in [0.25, 0.3) is 0 Å². The maximum Gasteiger partial charge on any atom is 0.333 e. The van der Waals surface area contributed by atoms with E-state index in [0.717, 1.165) is 38.5 Å². The molecule has 0 amide bonds. The van der Waals surface area contributed by atoms with Crippen molar-refractivity contribution in [1.82, 2.24) is 0 Å². The van der Waals surface area contributed by atoms with Crippen molar-refractivity contribution in [3.05, 3.63) is 12.2 Å². The van der Waals surface area contributed by atoms with Gasteiger partial charge in [-0.1, -0.05) is 6.58 Å². The molecule has 3 fully saturated rings. The first kappa shape index (κ1) is 14.0. The summed E-state index contributed by atoms with van der Waals surface area (Å²) in [6, 6.07) is 0. The Balaban J connectivity index is 1.73. The molecule has 0 N–H and O–H groups in total. The quantitative estimate of drug-likeness (QED) is 0.587. The average Bonchev–Trinajstić information content (AvgIpc) is 3.00. The van der Waals surface area contributed by atoms with Crippen molar-refractivity contribution in [1.29, 1.82) is 0 Å². The standard InChI is InChI=1S/C15H22O5/c1-11(2)13(16)17-10-15-12(6-5-9-18-15)19-14(20-15)7-3-4-8-14/h12H,1,3-10H2,2H3/t12?,15-/m0/s1. The van der Waals surface area contributed by atoms with Crippen LogP contribution >= 0.6 is 0 Å². The van der Waals surface area contributed by atoms with Gasteiger partial charge in [-0.2, -0.15) is 0 Å². The smallest absolute Gasteiger partial charge is 0.333 e. The summed E-state index contributed by atoms with van der Waals surface area (Å²) < 4.78 is 23.5. The van der Waals surface area contributed by atoms with Crippen LogP contribution < -0.4 is 0 Å². The van der Waals surface area contributed by atoms with Gasteiger partial charge in [-0.25, -0.2) is 4.79 Å². The molecule has 5 heteroatoms. The van der Waals surface area contributed by atoms with Crippen molar-refractivity contribution in [3.63, 3.8) is 0 Å². The molecular weight excluding hydrogens is 260 g/mol. The second-order valence-electron chi connectivity index (χ2n) is 5.99. The molecule has 1 unspecified atom stereocenters. The topological polar surface area (TPSA) is 54.0 Å². The lowest BCUT2D eigenvalue weighted by atomic mass is 10.0. The molecule has 1 saturated carbocycles. The van der Waals surface area contributed by atoms with Gasteiger partial charge in [0.25, 0.3) is 0 Å². The van der Waals surface area contributed by atoms with Crippen LogP contribution in [0.2, 0.25) is 0 Å². The van der Waals surface area contributed by atoms with Crippen LogP contribution in [-0.2, 0) is 23.7 Å². The van der Waals surface area contributed by atoms with E-state index in [0.29, 0.717) is 12.2 Å². The molecule has 0 aromatic rings. The van der Waals surface area contributed by atoms with Gasteiger partial charge in [0, 0.05) is 18.4 Å². The molecule has 1 aliphatic carbocycles. The highest BCUT2D eigenvalue weighted by Crippen LogP contribution is 2.49. The first-order chi connectivity index (χ1) is 9.55. The molecule has 1 spiro atoms. The van der Waals surface area contributed by atoms with Gasteiger partial charge < -0.3 is 18.9 Å². The Labute approximate surface area is 119 Å². The minimum Gasteiger partial charge on any atom is -0.456 e. The van der Waals surface area contributed by atoms with E-state index < -0.39 is 17.5 Å². The summed E-state index contributed by atoms with van der Waals surface area (Å²) in [4.78, 5) is 11.6. The fourth-order valence-corrected chi connectivity index (χ4v) is 3.26. The molecule has 112 valence electrons. The largest absolute Gasteiger partial charge is 0.456 e. The summed E-state index contributed by atoms with van der Waals surface area (Å²) in [7, 11) is 0. The van der Waals surface area contributed by atoms with Crippen molar-refractivity contribution in [3.8, 4) is 0 Å². The number of carbonyl (C=O) groups excluding carboxylic acids is 1. The summed E-state index contributed by atoms with van der Waals surface area (Å²) in [5.74, 6) is -1.86. The first-order valence-electron chi connectivity index (χ1n) is 7.40. The van der Waals surface area contributed by atoms with Crippen LogP contribution in [0, 0.1) is 0 Å².